The molecular formula is C24H28N2O6. The van der Waals surface area contributed by atoms with Crippen molar-refractivity contribution >= 4 is 17.8 Å². The highest BCUT2D eigenvalue weighted by Crippen LogP contribution is 2.19. The van der Waals surface area contributed by atoms with Gasteiger partial charge in [-0.05, 0) is 36.8 Å². The van der Waals surface area contributed by atoms with E-state index in [1.165, 1.54) is 4.90 Å². The molecule has 1 heterocycles. The number of carbonyl (C=O) groups excluding carboxylic acids is 3. The van der Waals surface area contributed by atoms with Gasteiger partial charge in [-0.25, -0.2) is 0 Å². The molecule has 0 aromatic heterocycles. The lowest BCUT2D eigenvalue weighted by molar-refractivity contribution is -0.148. The van der Waals surface area contributed by atoms with Crippen LogP contribution < -0.4 is 14.8 Å². The van der Waals surface area contributed by atoms with Gasteiger partial charge in [-0.3, -0.25) is 14.4 Å². The highest BCUT2D eigenvalue weighted by molar-refractivity contribution is 5.99. The Morgan fingerprint density at radius 1 is 1.00 bits per heavy atom. The van der Waals surface area contributed by atoms with E-state index < -0.39 is 12.0 Å². The monoisotopic (exact) mass is 440 g/mol. The molecule has 1 N–H and O–H groups in total. The molecule has 1 unspecified atom stereocenters. The fourth-order valence-electron chi connectivity index (χ4n) is 3.31. The van der Waals surface area contributed by atoms with Crippen LogP contribution in [0.1, 0.15) is 30.1 Å². The van der Waals surface area contributed by atoms with E-state index in [2.05, 4.69) is 5.32 Å². The number of nitrogens with zero attached hydrogens (tertiary/aromatic N) is 1. The van der Waals surface area contributed by atoms with Crippen LogP contribution in [0.4, 0.5) is 0 Å². The zero-order valence-corrected chi connectivity index (χ0v) is 18.1. The van der Waals surface area contributed by atoms with Crippen molar-refractivity contribution in [3.63, 3.8) is 0 Å². The molecule has 1 aliphatic rings. The van der Waals surface area contributed by atoms with Crippen LogP contribution in [0, 0.1) is 0 Å². The van der Waals surface area contributed by atoms with E-state index in [1.54, 1.807) is 36.4 Å². The molecule has 170 valence electrons. The maximum Gasteiger partial charge on any atom is 0.308 e. The molecule has 0 spiro atoms. The lowest BCUT2D eigenvalue weighted by atomic mass is 10.1. The molecule has 8 nitrogen and oxygen atoms in total. The van der Waals surface area contributed by atoms with Crippen LogP contribution in [-0.2, 0) is 14.3 Å². The van der Waals surface area contributed by atoms with E-state index in [9.17, 15) is 14.4 Å². The third kappa shape index (κ3) is 6.47. The molecule has 3 rings (SSSR count). The van der Waals surface area contributed by atoms with E-state index in [0.29, 0.717) is 36.8 Å². The second-order valence-electron chi connectivity index (χ2n) is 7.27. The summed E-state index contributed by atoms with van der Waals surface area (Å²) in [4.78, 5) is 39.3. The van der Waals surface area contributed by atoms with Crippen LogP contribution >= 0.6 is 0 Å². The first-order valence-corrected chi connectivity index (χ1v) is 10.7. The van der Waals surface area contributed by atoms with Crippen LogP contribution in [0.2, 0.25) is 0 Å². The van der Waals surface area contributed by atoms with Crippen molar-refractivity contribution in [2.45, 2.75) is 25.8 Å². The number of piperazine rings is 1. The van der Waals surface area contributed by atoms with E-state index >= 15 is 0 Å². The van der Waals surface area contributed by atoms with Crippen molar-refractivity contribution in [3.05, 3.63) is 60.2 Å². The molecule has 1 aliphatic heterocycles. The Morgan fingerprint density at radius 2 is 1.75 bits per heavy atom. The first-order chi connectivity index (χ1) is 15.6. The maximum atomic E-state index is 13.1. The van der Waals surface area contributed by atoms with E-state index in [4.69, 9.17) is 14.2 Å². The second-order valence-corrected chi connectivity index (χ2v) is 7.27. The standard InChI is InChI=1S/C24H28N2O6/c1-2-13-30-20-10-6-7-18(16-20)24(29)26-12-11-25-23(28)21(26)17-22(27)32-15-14-31-19-8-4-3-5-9-19/h3-10,16,21H,2,11-15,17H2,1H3,(H,25,28). The van der Waals surface area contributed by atoms with Gasteiger partial charge in [0.15, 0.2) is 0 Å². The van der Waals surface area contributed by atoms with Gasteiger partial charge in [0, 0.05) is 18.7 Å². The number of esters is 1. The van der Waals surface area contributed by atoms with E-state index in [-0.39, 0.29) is 31.4 Å². The molecule has 2 amide bonds. The Hall–Kier alpha value is -3.55. The molecule has 0 aliphatic carbocycles. The molecule has 2 aromatic carbocycles. The Morgan fingerprint density at radius 3 is 2.53 bits per heavy atom. The highest BCUT2D eigenvalue weighted by atomic mass is 16.6. The second kappa shape index (κ2) is 11.7. The summed E-state index contributed by atoms with van der Waals surface area (Å²) >= 11 is 0. The minimum absolute atomic E-state index is 0.0484. The van der Waals surface area contributed by atoms with Crippen molar-refractivity contribution < 1.29 is 28.6 Å². The Bertz CT molecular complexity index is 918. The fraction of sp³-hybridized carbons (Fsp3) is 0.375. The summed E-state index contributed by atoms with van der Waals surface area (Å²) in [6, 6.07) is 15.1. The summed E-state index contributed by atoms with van der Waals surface area (Å²) in [5.41, 5.74) is 0.405. The summed E-state index contributed by atoms with van der Waals surface area (Å²) in [5.74, 6) is -0.000290. The number of hydrogen-bond donors (Lipinski definition) is 1. The van der Waals surface area contributed by atoms with Gasteiger partial charge in [-0.15, -0.1) is 0 Å². The zero-order valence-electron chi connectivity index (χ0n) is 18.1. The quantitative estimate of drug-likeness (QED) is 0.451. The average molecular weight is 440 g/mol. The summed E-state index contributed by atoms with van der Waals surface area (Å²) in [5, 5.41) is 2.71. The third-order valence-electron chi connectivity index (χ3n) is 4.86. The van der Waals surface area contributed by atoms with Gasteiger partial charge in [-0.1, -0.05) is 31.2 Å². The van der Waals surface area contributed by atoms with Gasteiger partial charge in [-0.2, -0.15) is 0 Å². The Kier molecular flexibility index (Phi) is 8.48. The normalized spacial score (nSPS) is 15.6. The molecule has 0 radical (unpaired) electrons. The molecule has 0 bridgehead atoms. The number of nitrogens with one attached hydrogen (secondary N) is 1. The van der Waals surface area contributed by atoms with Gasteiger partial charge >= 0.3 is 5.97 Å². The Balaban J connectivity index is 1.57. The minimum Gasteiger partial charge on any atom is -0.494 e. The van der Waals surface area contributed by atoms with Crippen molar-refractivity contribution in [2.24, 2.45) is 0 Å². The van der Waals surface area contributed by atoms with Crippen molar-refractivity contribution in [2.75, 3.05) is 32.9 Å². The van der Waals surface area contributed by atoms with Crippen LogP contribution in [0.5, 0.6) is 11.5 Å². The number of benzene rings is 2. The number of hydrogen-bond acceptors (Lipinski definition) is 6. The minimum atomic E-state index is -0.931. The topological polar surface area (TPSA) is 94.2 Å². The summed E-state index contributed by atoms with van der Waals surface area (Å²) in [6.45, 7) is 3.42. The van der Waals surface area contributed by atoms with Crippen LogP contribution in [0.25, 0.3) is 0 Å². The first-order valence-electron chi connectivity index (χ1n) is 10.7. The zero-order chi connectivity index (χ0) is 22.8. The molecule has 8 heteroatoms. The van der Waals surface area contributed by atoms with Gasteiger partial charge in [0.1, 0.15) is 30.8 Å². The predicted octanol–water partition coefficient (Wildman–Crippen LogP) is 2.43. The molecular weight excluding hydrogens is 412 g/mol. The van der Waals surface area contributed by atoms with Crippen LogP contribution in [0.3, 0.4) is 0 Å². The van der Waals surface area contributed by atoms with E-state index in [0.717, 1.165) is 6.42 Å². The summed E-state index contributed by atoms with van der Waals surface area (Å²) < 4.78 is 16.3. The van der Waals surface area contributed by atoms with Crippen LogP contribution in [-0.4, -0.2) is 61.6 Å². The predicted molar refractivity (Wildman–Crippen MR) is 118 cm³/mol. The number of carbonyl (C=O) groups is 3. The summed E-state index contributed by atoms with van der Waals surface area (Å²) in [6.07, 6.45) is 0.625. The first kappa shape index (κ1) is 23.1. The molecule has 1 atom stereocenters. The maximum absolute atomic E-state index is 13.1. The number of rotatable bonds is 10. The fourth-order valence-corrected chi connectivity index (χ4v) is 3.31. The van der Waals surface area contributed by atoms with Gasteiger partial charge in [0.25, 0.3) is 5.91 Å². The molecule has 32 heavy (non-hydrogen) atoms. The van der Waals surface area contributed by atoms with Crippen molar-refractivity contribution in [1.82, 2.24) is 10.2 Å². The van der Waals surface area contributed by atoms with Gasteiger partial charge in [0.2, 0.25) is 5.91 Å². The SMILES string of the molecule is CCCOc1cccc(C(=O)N2CCNC(=O)C2CC(=O)OCCOc2ccccc2)c1. The average Bonchev–Trinajstić information content (AvgIpc) is 2.82. The van der Waals surface area contributed by atoms with Gasteiger partial charge < -0.3 is 24.4 Å². The smallest absolute Gasteiger partial charge is 0.308 e. The van der Waals surface area contributed by atoms with Crippen molar-refractivity contribution in [1.29, 1.82) is 0 Å². The number of para-hydroxylation sites is 1. The molecule has 0 saturated carbocycles. The van der Waals surface area contributed by atoms with E-state index in [1.807, 2.05) is 25.1 Å². The van der Waals surface area contributed by atoms with Crippen molar-refractivity contribution in [3.8, 4) is 11.5 Å². The molecule has 1 saturated heterocycles. The summed E-state index contributed by atoms with van der Waals surface area (Å²) in [7, 11) is 0. The third-order valence-corrected chi connectivity index (χ3v) is 4.86. The lowest BCUT2D eigenvalue weighted by Crippen LogP contribution is -2.57. The molecule has 1 fully saturated rings. The van der Waals surface area contributed by atoms with Gasteiger partial charge in [0.05, 0.1) is 13.0 Å². The largest absolute Gasteiger partial charge is 0.494 e. The lowest BCUT2D eigenvalue weighted by Gasteiger charge is -2.34. The number of ether oxygens (including phenoxy) is 3. The number of amides is 2. The highest BCUT2D eigenvalue weighted by Gasteiger charge is 2.35. The van der Waals surface area contributed by atoms with Crippen LogP contribution in [0.15, 0.2) is 54.6 Å². The molecule has 2 aromatic rings. The Labute approximate surface area is 187 Å².